The molecule has 13 heteroatoms. The van der Waals surface area contributed by atoms with E-state index in [-0.39, 0.29) is 11.6 Å². The first-order valence-electron chi connectivity index (χ1n) is 9.22. The fourth-order valence-electron chi connectivity index (χ4n) is 2.58. The molecule has 0 amide bonds. The molecule has 0 radical (unpaired) electrons. The average molecular weight is 531 g/mol. The van der Waals surface area contributed by atoms with E-state index in [0.717, 1.165) is 21.3 Å². The van der Waals surface area contributed by atoms with Crippen molar-refractivity contribution in [1.29, 1.82) is 0 Å². The number of carboxylic acid groups (broad SMARTS) is 1. The van der Waals surface area contributed by atoms with Gasteiger partial charge in [-0.3, -0.25) is 0 Å². The van der Waals surface area contributed by atoms with E-state index in [1.807, 2.05) is 0 Å². The Labute approximate surface area is 194 Å². The molecule has 0 aliphatic carbocycles. The van der Waals surface area contributed by atoms with Crippen molar-refractivity contribution in [2.24, 2.45) is 5.41 Å². The van der Waals surface area contributed by atoms with Gasteiger partial charge in [-0.1, -0.05) is 43.9 Å². The average Bonchev–Trinajstić information content (AvgIpc) is 3.32. The molecular weight excluding hydrogens is 511 g/mol. The third-order valence-corrected chi connectivity index (χ3v) is 6.77. The summed E-state index contributed by atoms with van der Waals surface area (Å²) in [6.45, 7) is 5.82. The second-order valence-corrected chi connectivity index (χ2v) is 10.7. The molecule has 9 nitrogen and oxygen atoms in total. The van der Waals surface area contributed by atoms with Gasteiger partial charge in [-0.15, -0.1) is 25.2 Å². The first-order chi connectivity index (χ1) is 14.6. The summed E-state index contributed by atoms with van der Waals surface area (Å²) in [6.07, 6.45) is 0.725. The van der Waals surface area contributed by atoms with Crippen molar-refractivity contribution in [3.05, 3.63) is 28.5 Å². The van der Waals surface area contributed by atoms with E-state index >= 15 is 0 Å². The molecular formula is C18H20BrFN6O3S2. The maximum Gasteiger partial charge on any atom is 0.331 e. The van der Waals surface area contributed by atoms with Gasteiger partial charge in [0.15, 0.2) is 15.4 Å². The van der Waals surface area contributed by atoms with Crippen molar-refractivity contribution in [3.8, 4) is 16.6 Å². The lowest BCUT2D eigenvalue weighted by molar-refractivity contribution is -0.145. The number of aliphatic carboxylic acids is 1. The summed E-state index contributed by atoms with van der Waals surface area (Å²) in [7, 11) is 0. The Morgan fingerprint density at radius 1 is 1.35 bits per heavy atom. The van der Waals surface area contributed by atoms with Gasteiger partial charge < -0.3 is 9.84 Å². The lowest BCUT2D eigenvalue weighted by atomic mass is 9.87. The van der Waals surface area contributed by atoms with Gasteiger partial charge in [-0.25, -0.2) is 9.18 Å². The van der Waals surface area contributed by atoms with Crippen LogP contribution in [0.1, 0.15) is 33.2 Å². The molecule has 0 saturated heterocycles. The smallest absolute Gasteiger partial charge is 0.331 e. The summed E-state index contributed by atoms with van der Waals surface area (Å²) in [5.74, 6) is 0.0489. The van der Waals surface area contributed by atoms with E-state index in [1.165, 1.54) is 35.2 Å². The molecule has 0 fully saturated rings. The number of rotatable bonds is 9. The van der Waals surface area contributed by atoms with E-state index in [4.69, 9.17) is 4.74 Å². The van der Waals surface area contributed by atoms with Gasteiger partial charge in [0.05, 0.1) is 11.1 Å². The first kappa shape index (κ1) is 23.5. The number of thioether (sulfide) groups is 1. The molecule has 2 heterocycles. The molecule has 0 spiro atoms. The molecule has 0 aliphatic heterocycles. The van der Waals surface area contributed by atoms with Gasteiger partial charge in [0.2, 0.25) is 5.82 Å². The summed E-state index contributed by atoms with van der Waals surface area (Å²) >= 11 is 6.13. The van der Waals surface area contributed by atoms with Crippen LogP contribution in [0.5, 0.6) is 5.75 Å². The van der Waals surface area contributed by atoms with E-state index in [0.29, 0.717) is 21.8 Å². The number of aromatic nitrogens is 6. The SMILES string of the molecule is CC(C)(C)C(C(=O)O)n1nnc(-c2nnc(SCCCOc3cc(F)ccc3Br)s2)n1. The number of carboxylic acids is 1. The fourth-order valence-corrected chi connectivity index (χ4v) is 4.70. The number of halogens is 2. The second-order valence-electron chi connectivity index (χ2n) is 7.54. The van der Waals surface area contributed by atoms with E-state index in [1.54, 1.807) is 26.8 Å². The monoisotopic (exact) mass is 530 g/mol. The summed E-state index contributed by atoms with van der Waals surface area (Å²) in [5.41, 5.74) is -0.588. The van der Waals surface area contributed by atoms with E-state index < -0.39 is 17.4 Å². The van der Waals surface area contributed by atoms with Gasteiger partial charge >= 0.3 is 5.97 Å². The van der Waals surface area contributed by atoms with E-state index in [2.05, 4.69) is 41.5 Å². The molecule has 0 bridgehead atoms. The van der Waals surface area contributed by atoms with Crippen LogP contribution in [-0.2, 0) is 4.79 Å². The number of benzene rings is 1. The minimum Gasteiger partial charge on any atom is -0.492 e. The molecule has 0 aliphatic rings. The van der Waals surface area contributed by atoms with Crippen LogP contribution in [0.4, 0.5) is 4.39 Å². The standard InChI is InChI=1S/C18H20BrFN6O3S2/c1-18(2,3)13(16(27)28)26-24-14(21-25-26)15-22-23-17(31-15)30-8-4-7-29-12-9-10(20)5-6-11(12)19/h5-6,9,13H,4,7-8H2,1-3H3,(H,27,28). The number of nitrogens with zero attached hydrogens (tertiary/aromatic N) is 6. The van der Waals surface area contributed by atoms with Gasteiger partial charge in [-0.05, 0) is 45.1 Å². The van der Waals surface area contributed by atoms with Crippen LogP contribution in [-0.4, -0.2) is 53.8 Å². The Morgan fingerprint density at radius 3 is 2.84 bits per heavy atom. The van der Waals surface area contributed by atoms with Crippen molar-refractivity contribution < 1.29 is 19.0 Å². The van der Waals surface area contributed by atoms with Crippen LogP contribution in [0.15, 0.2) is 27.0 Å². The number of ether oxygens (including phenoxy) is 1. The Hall–Kier alpha value is -2.12. The summed E-state index contributed by atoms with van der Waals surface area (Å²) in [5, 5.41) is 30.2. The number of hydrogen-bond donors (Lipinski definition) is 1. The molecule has 1 aromatic carbocycles. The Kier molecular flexibility index (Phi) is 7.59. The number of tetrazole rings is 1. The predicted octanol–water partition coefficient (Wildman–Crippen LogP) is 4.33. The molecule has 3 rings (SSSR count). The zero-order valence-corrected chi connectivity index (χ0v) is 20.2. The number of hydrogen-bond acceptors (Lipinski definition) is 9. The van der Waals surface area contributed by atoms with Crippen LogP contribution >= 0.6 is 39.0 Å². The molecule has 3 aromatic rings. The van der Waals surface area contributed by atoms with Gasteiger partial charge in [0, 0.05) is 11.8 Å². The Bertz CT molecular complexity index is 1060. The molecule has 31 heavy (non-hydrogen) atoms. The van der Waals surface area contributed by atoms with Gasteiger partial charge in [0.1, 0.15) is 11.6 Å². The van der Waals surface area contributed by atoms with Crippen molar-refractivity contribution >= 4 is 45.0 Å². The van der Waals surface area contributed by atoms with Crippen LogP contribution in [0.3, 0.4) is 0 Å². The normalized spacial score (nSPS) is 12.7. The highest BCUT2D eigenvalue weighted by atomic mass is 79.9. The number of carbonyl (C=O) groups is 1. The molecule has 1 atom stereocenters. The summed E-state index contributed by atoms with van der Waals surface area (Å²) < 4.78 is 20.3. The van der Waals surface area contributed by atoms with Crippen LogP contribution in [0.25, 0.3) is 10.8 Å². The first-order valence-corrected chi connectivity index (χ1v) is 11.8. The highest BCUT2D eigenvalue weighted by Gasteiger charge is 2.35. The van der Waals surface area contributed by atoms with Crippen molar-refractivity contribution in [1.82, 2.24) is 30.4 Å². The van der Waals surface area contributed by atoms with Crippen molar-refractivity contribution in [3.63, 3.8) is 0 Å². The van der Waals surface area contributed by atoms with Crippen molar-refractivity contribution in [2.75, 3.05) is 12.4 Å². The third kappa shape index (κ3) is 6.20. The third-order valence-electron chi connectivity index (χ3n) is 3.98. The van der Waals surface area contributed by atoms with Crippen LogP contribution < -0.4 is 4.74 Å². The molecule has 2 aromatic heterocycles. The largest absolute Gasteiger partial charge is 0.492 e. The predicted molar refractivity (Wildman–Crippen MR) is 118 cm³/mol. The zero-order valence-electron chi connectivity index (χ0n) is 17.0. The van der Waals surface area contributed by atoms with Gasteiger partial charge in [0.25, 0.3) is 0 Å². The highest BCUT2D eigenvalue weighted by molar-refractivity contribution is 9.10. The second kappa shape index (κ2) is 10.0. The summed E-state index contributed by atoms with van der Waals surface area (Å²) in [6, 6.07) is 3.35. The van der Waals surface area contributed by atoms with Crippen LogP contribution in [0, 0.1) is 11.2 Å². The molecule has 1 N–H and O–H groups in total. The Morgan fingerprint density at radius 2 is 2.13 bits per heavy atom. The maximum atomic E-state index is 13.3. The lowest BCUT2D eigenvalue weighted by Crippen LogP contribution is -2.33. The van der Waals surface area contributed by atoms with Crippen LogP contribution in [0.2, 0.25) is 0 Å². The molecule has 0 saturated carbocycles. The van der Waals surface area contributed by atoms with E-state index in [9.17, 15) is 14.3 Å². The molecule has 1 unspecified atom stereocenters. The quantitative estimate of drug-likeness (QED) is 0.318. The fraction of sp³-hybridized carbons (Fsp3) is 0.444. The minimum atomic E-state index is -1.03. The zero-order chi connectivity index (χ0) is 22.6. The summed E-state index contributed by atoms with van der Waals surface area (Å²) in [4.78, 5) is 12.7. The minimum absolute atomic E-state index is 0.235. The maximum absolute atomic E-state index is 13.3. The van der Waals surface area contributed by atoms with Crippen molar-refractivity contribution in [2.45, 2.75) is 37.6 Å². The lowest BCUT2D eigenvalue weighted by Gasteiger charge is -2.25. The molecule has 166 valence electrons. The Balaban J connectivity index is 1.53. The van der Waals surface area contributed by atoms with Gasteiger partial charge in [-0.2, -0.15) is 0 Å². The highest BCUT2D eigenvalue weighted by Crippen LogP contribution is 2.31. The topological polar surface area (TPSA) is 116 Å².